The maximum absolute atomic E-state index is 5.20. The second-order valence-corrected chi connectivity index (χ2v) is 5.56. The van der Waals surface area contributed by atoms with Crippen LogP contribution in [0.1, 0.15) is 31.2 Å². The van der Waals surface area contributed by atoms with Crippen LogP contribution < -0.4 is 4.74 Å². The number of rotatable bonds is 4. The fraction of sp³-hybridized carbons (Fsp3) is 0.600. The maximum atomic E-state index is 5.20. The molecule has 1 aliphatic carbocycles. The molecule has 103 valence electrons. The van der Waals surface area contributed by atoms with Crippen molar-refractivity contribution >= 4 is 9.24 Å². The van der Waals surface area contributed by atoms with Crippen LogP contribution in [-0.2, 0) is 25.9 Å². The summed E-state index contributed by atoms with van der Waals surface area (Å²) in [6.45, 7) is 0. The zero-order valence-corrected chi connectivity index (χ0v) is 13.8. The number of ether oxygens (including phenoxy) is 1. The van der Waals surface area contributed by atoms with Gasteiger partial charge in [-0.15, -0.1) is 9.24 Å². The first-order valence-corrected chi connectivity index (χ1v) is 7.48. The molecule has 1 fully saturated rings. The van der Waals surface area contributed by atoms with E-state index >= 15 is 0 Å². The first-order chi connectivity index (χ1) is 8.33. The van der Waals surface area contributed by atoms with E-state index in [1.165, 1.54) is 43.8 Å². The Balaban J connectivity index is 0.00000162. The largest absolute Gasteiger partial charge is 0.497 e. The molecular weight excluding hydrogens is 330 g/mol. The average Bonchev–Trinajstić information content (AvgIpc) is 2.40. The molecule has 3 unspecified atom stereocenters. The van der Waals surface area contributed by atoms with E-state index in [2.05, 4.69) is 33.5 Å². The SMILES string of the molecule is COc1ccc(CC2CCCCC2CP)cc1.[Rh]. The summed E-state index contributed by atoms with van der Waals surface area (Å²) in [5.41, 5.74) is 1.46. The number of benzene rings is 1. The van der Waals surface area contributed by atoms with Crippen molar-refractivity contribution in [2.75, 3.05) is 13.3 Å². The van der Waals surface area contributed by atoms with Crippen molar-refractivity contribution in [3.63, 3.8) is 0 Å². The molecule has 1 aromatic rings. The van der Waals surface area contributed by atoms with E-state index < -0.39 is 0 Å². The zero-order chi connectivity index (χ0) is 12.1. The molecule has 0 N–H and O–H groups in total. The molecule has 3 heteroatoms. The molecule has 1 radical (unpaired) electrons. The van der Waals surface area contributed by atoms with Gasteiger partial charge in [-0.1, -0.05) is 25.0 Å². The third-order valence-corrected chi connectivity index (χ3v) is 4.63. The van der Waals surface area contributed by atoms with Crippen LogP contribution in [0.15, 0.2) is 24.3 Å². The number of hydrogen-bond acceptors (Lipinski definition) is 1. The predicted octanol–water partition coefficient (Wildman–Crippen LogP) is 3.92. The minimum Gasteiger partial charge on any atom is -0.497 e. The monoisotopic (exact) mass is 353 g/mol. The molecule has 0 bridgehead atoms. The Labute approximate surface area is 126 Å². The molecule has 1 aliphatic rings. The first-order valence-electron chi connectivity index (χ1n) is 6.66. The summed E-state index contributed by atoms with van der Waals surface area (Å²) in [5, 5.41) is 0. The van der Waals surface area contributed by atoms with Crippen LogP contribution in [0.2, 0.25) is 0 Å². The molecule has 0 aliphatic heterocycles. The van der Waals surface area contributed by atoms with E-state index in [4.69, 9.17) is 4.74 Å². The van der Waals surface area contributed by atoms with Crippen LogP contribution in [0.4, 0.5) is 0 Å². The Morgan fingerprint density at radius 2 is 1.72 bits per heavy atom. The van der Waals surface area contributed by atoms with Gasteiger partial charge in [0.2, 0.25) is 0 Å². The van der Waals surface area contributed by atoms with E-state index in [0.717, 1.165) is 17.6 Å². The summed E-state index contributed by atoms with van der Waals surface area (Å²) < 4.78 is 5.20. The van der Waals surface area contributed by atoms with Gasteiger partial charge < -0.3 is 4.74 Å². The number of methoxy groups -OCH3 is 1. The van der Waals surface area contributed by atoms with Crippen LogP contribution >= 0.6 is 9.24 Å². The first kappa shape index (κ1) is 16.1. The van der Waals surface area contributed by atoms with Crippen LogP contribution in [0.5, 0.6) is 5.75 Å². The summed E-state index contributed by atoms with van der Waals surface area (Å²) in [4.78, 5) is 0. The Kier molecular flexibility index (Phi) is 7.42. The quantitative estimate of drug-likeness (QED) is 0.589. The Bertz CT molecular complexity index is 339. The minimum absolute atomic E-state index is 0. The van der Waals surface area contributed by atoms with Gasteiger partial charge in [-0.2, -0.15) is 0 Å². The molecule has 1 saturated carbocycles. The van der Waals surface area contributed by atoms with Gasteiger partial charge in [0, 0.05) is 19.5 Å². The summed E-state index contributed by atoms with van der Waals surface area (Å²) in [7, 11) is 4.66. The van der Waals surface area contributed by atoms with E-state index in [1.807, 2.05) is 0 Å². The van der Waals surface area contributed by atoms with Crippen LogP contribution in [0.25, 0.3) is 0 Å². The van der Waals surface area contributed by atoms with Crippen LogP contribution in [0.3, 0.4) is 0 Å². The molecule has 3 atom stereocenters. The molecule has 1 nitrogen and oxygen atoms in total. The molecule has 18 heavy (non-hydrogen) atoms. The van der Waals surface area contributed by atoms with Gasteiger partial charge in [0.05, 0.1) is 7.11 Å². The summed E-state index contributed by atoms with van der Waals surface area (Å²) in [6.07, 6.45) is 8.18. The zero-order valence-electron chi connectivity index (χ0n) is 11.0. The average molecular weight is 353 g/mol. The maximum Gasteiger partial charge on any atom is 0.118 e. The predicted molar refractivity (Wildman–Crippen MR) is 76.7 cm³/mol. The standard InChI is InChI=1S/C15H23OP.Rh/c1-16-15-8-6-12(7-9-15)10-13-4-2-3-5-14(13)11-17;/h6-9,13-14H,2-5,10-11,17H2,1H3;. The van der Waals surface area contributed by atoms with Crippen molar-refractivity contribution in [2.24, 2.45) is 11.8 Å². The molecule has 0 heterocycles. The molecule has 0 amide bonds. The van der Waals surface area contributed by atoms with Crippen LogP contribution in [0, 0.1) is 11.8 Å². The van der Waals surface area contributed by atoms with Gasteiger partial charge in [0.15, 0.2) is 0 Å². The normalized spacial score (nSPS) is 23.2. The van der Waals surface area contributed by atoms with Gasteiger partial charge in [-0.25, -0.2) is 0 Å². The molecular formula is C15H23OPRh. The van der Waals surface area contributed by atoms with Gasteiger partial charge in [-0.3, -0.25) is 0 Å². The van der Waals surface area contributed by atoms with Gasteiger partial charge in [-0.05, 0) is 55.0 Å². The topological polar surface area (TPSA) is 9.23 Å². The van der Waals surface area contributed by atoms with Gasteiger partial charge in [0.25, 0.3) is 0 Å². The summed E-state index contributed by atoms with van der Waals surface area (Å²) >= 11 is 0. The number of hydrogen-bond donors (Lipinski definition) is 0. The molecule has 2 rings (SSSR count). The molecule has 0 spiro atoms. The minimum atomic E-state index is 0. The fourth-order valence-electron chi connectivity index (χ4n) is 2.93. The smallest absolute Gasteiger partial charge is 0.118 e. The van der Waals surface area contributed by atoms with Crippen LogP contribution in [-0.4, -0.2) is 13.3 Å². The third-order valence-electron chi connectivity index (χ3n) is 4.03. The van der Waals surface area contributed by atoms with E-state index in [0.29, 0.717) is 0 Å². The summed E-state index contributed by atoms with van der Waals surface area (Å²) in [5.74, 6) is 2.76. The van der Waals surface area contributed by atoms with Gasteiger partial charge in [0.1, 0.15) is 5.75 Å². The van der Waals surface area contributed by atoms with Gasteiger partial charge >= 0.3 is 0 Å². The van der Waals surface area contributed by atoms with E-state index in [-0.39, 0.29) is 19.5 Å². The Morgan fingerprint density at radius 1 is 1.11 bits per heavy atom. The Hall–Kier alpha value is 0.0734. The second kappa shape index (κ2) is 8.29. The van der Waals surface area contributed by atoms with Crippen molar-refractivity contribution < 1.29 is 24.2 Å². The van der Waals surface area contributed by atoms with Crippen molar-refractivity contribution in [3.8, 4) is 5.75 Å². The fourth-order valence-corrected chi connectivity index (χ4v) is 3.55. The van der Waals surface area contributed by atoms with Crippen molar-refractivity contribution in [1.82, 2.24) is 0 Å². The molecule has 1 aromatic carbocycles. The molecule has 0 aromatic heterocycles. The Morgan fingerprint density at radius 3 is 2.28 bits per heavy atom. The third kappa shape index (κ3) is 4.32. The van der Waals surface area contributed by atoms with Crippen molar-refractivity contribution in [2.45, 2.75) is 32.1 Å². The second-order valence-electron chi connectivity index (χ2n) is 5.09. The summed E-state index contributed by atoms with van der Waals surface area (Å²) in [6, 6.07) is 8.59. The van der Waals surface area contributed by atoms with E-state index in [9.17, 15) is 0 Å². The molecule has 0 saturated heterocycles. The van der Waals surface area contributed by atoms with Crippen molar-refractivity contribution in [3.05, 3.63) is 29.8 Å². The van der Waals surface area contributed by atoms with Crippen molar-refractivity contribution in [1.29, 1.82) is 0 Å². The van der Waals surface area contributed by atoms with E-state index in [1.54, 1.807) is 7.11 Å².